The Bertz CT molecular complexity index is 75.7. The summed E-state index contributed by atoms with van der Waals surface area (Å²) in [4.78, 5) is 4.06. The van der Waals surface area contributed by atoms with Crippen molar-refractivity contribution in [1.29, 1.82) is 0 Å². The fourth-order valence-corrected chi connectivity index (χ4v) is 0.909. The van der Waals surface area contributed by atoms with Crippen molar-refractivity contribution in [3.8, 4) is 0 Å². The van der Waals surface area contributed by atoms with Gasteiger partial charge in [-0.3, -0.25) is 9.80 Å². The molecular formula is C7H18N2O. The summed E-state index contributed by atoms with van der Waals surface area (Å²) in [7, 11) is 8.00. The van der Waals surface area contributed by atoms with Gasteiger partial charge in [0.05, 0.1) is 0 Å². The first-order valence-corrected chi connectivity index (χ1v) is 3.54. The van der Waals surface area contributed by atoms with Gasteiger partial charge >= 0.3 is 0 Å². The van der Waals surface area contributed by atoms with Crippen LogP contribution in [0.5, 0.6) is 0 Å². The number of ether oxygens (including phenoxy) is 1. The van der Waals surface area contributed by atoms with E-state index in [9.17, 15) is 0 Å². The van der Waals surface area contributed by atoms with Crippen LogP contribution in [0.1, 0.15) is 6.92 Å². The Labute approximate surface area is 63.6 Å². The summed E-state index contributed by atoms with van der Waals surface area (Å²) >= 11 is 0. The van der Waals surface area contributed by atoms with Gasteiger partial charge in [0.15, 0.2) is 6.35 Å². The molecule has 0 amide bonds. The van der Waals surface area contributed by atoms with Gasteiger partial charge in [0.1, 0.15) is 0 Å². The van der Waals surface area contributed by atoms with Crippen LogP contribution in [0.3, 0.4) is 0 Å². The molecule has 0 radical (unpaired) electrons. The van der Waals surface area contributed by atoms with E-state index in [2.05, 4.69) is 0 Å². The van der Waals surface area contributed by atoms with E-state index in [4.69, 9.17) is 4.74 Å². The van der Waals surface area contributed by atoms with Crippen LogP contribution in [0.25, 0.3) is 0 Å². The second-order valence-corrected chi connectivity index (χ2v) is 2.71. The molecule has 0 spiro atoms. The van der Waals surface area contributed by atoms with E-state index in [1.165, 1.54) is 0 Å². The maximum absolute atomic E-state index is 5.42. The van der Waals surface area contributed by atoms with Gasteiger partial charge in [-0.2, -0.15) is 0 Å². The smallest absolute Gasteiger partial charge is 0.167 e. The third kappa shape index (κ3) is 3.15. The van der Waals surface area contributed by atoms with Crippen LogP contribution in [0.2, 0.25) is 0 Å². The number of hydrogen-bond acceptors (Lipinski definition) is 3. The Morgan fingerprint density at radius 1 is 1.10 bits per heavy atom. The lowest BCUT2D eigenvalue weighted by Crippen LogP contribution is -2.42. The first-order valence-electron chi connectivity index (χ1n) is 3.54. The summed E-state index contributed by atoms with van der Waals surface area (Å²) < 4.78 is 5.42. The van der Waals surface area contributed by atoms with E-state index in [1.54, 1.807) is 0 Å². The standard InChI is InChI=1S/C7H18N2O/c1-6-10-7(8(2)3)9(4)5/h7H,6H2,1-5H3. The van der Waals surface area contributed by atoms with Gasteiger partial charge in [0, 0.05) is 6.61 Å². The van der Waals surface area contributed by atoms with E-state index in [1.807, 2.05) is 44.9 Å². The second-order valence-electron chi connectivity index (χ2n) is 2.71. The van der Waals surface area contributed by atoms with Crippen molar-refractivity contribution in [1.82, 2.24) is 9.80 Å². The third-order valence-corrected chi connectivity index (χ3v) is 1.20. The average Bonchev–Trinajstić information content (AvgIpc) is 1.81. The molecule has 0 N–H and O–H groups in total. The summed E-state index contributed by atoms with van der Waals surface area (Å²) in [6.07, 6.45) is 0.102. The lowest BCUT2D eigenvalue weighted by Gasteiger charge is -2.29. The number of rotatable bonds is 4. The molecule has 0 aliphatic rings. The molecule has 0 aromatic carbocycles. The van der Waals surface area contributed by atoms with Crippen molar-refractivity contribution >= 4 is 0 Å². The summed E-state index contributed by atoms with van der Waals surface area (Å²) in [6, 6.07) is 0. The lowest BCUT2D eigenvalue weighted by molar-refractivity contribution is -0.114. The number of hydrogen-bond donors (Lipinski definition) is 0. The third-order valence-electron chi connectivity index (χ3n) is 1.20. The Morgan fingerprint density at radius 3 is 1.60 bits per heavy atom. The van der Waals surface area contributed by atoms with Crippen LogP contribution < -0.4 is 0 Å². The normalized spacial score (nSPS) is 12.0. The Hall–Kier alpha value is -0.120. The van der Waals surface area contributed by atoms with Crippen LogP contribution in [0.4, 0.5) is 0 Å². The van der Waals surface area contributed by atoms with E-state index in [0.29, 0.717) is 0 Å². The Balaban J connectivity index is 3.73. The molecule has 0 saturated carbocycles. The molecule has 0 atom stereocenters. The van der Waals surface area contributed by atoms with Crippen LogP contribution in [0.15, 0.2) is 0 Å². The zero-order valence-electron chi connectivity index (χ0n) is 7.59. The van der Waals surface area contributed by atoms with Crippen LogP contribution in [-0.4, -0.2) is 50.9 Å². The molecule has 3 nitrogen and oxygen atoms in total. The Morgan fingerprint density at radius 2 is 1.50 bits per heavy atom. The minimum atomic E-state index is 0.102. The lowest BCUT2D eigenvalue weighted by atomic mass is 10.7. The van der Waals surface area contributed by atoms with Gasteiger partial charge in [0.2, 0.25) is 0 Å². The molecule has 0 bridgehead atoms. The predicted molar refractivity (Wildman–Crippen MR) is 42.8 cm³/mol. The van der Waals surface area contributed by atoms with Gasteiger partial charge < -0.3 is 4.74 Å². The highest BCUT2D eigenvalue weighted by Crippen LogP contribution is 1.97. The molecule has 3 heteroatoms. The molecule has 0 fully saturated rings. The maximum Gasteiger partial charge on any atom is 0.167 e. The first-order chi connectivity index (χ1) is 4.59. The molecule has 62 valence electrons. The molecule has 0 aliphatic carbocycles. The molecule has 0 aromatic rings. The molecule has 0 unspecified atom stereocenters. The fourth-order valence-electron chi connectivity index (χ4n) is 0.909. The summed E-state index contributed by atoms with van der Waals surface area (Å²) in [5, 5.41) is 0. The first kappa shape index (κ1) is 9.88. The topological polar surface area (TPSA) is 15.7 Å². The van der Waals surface area contributed by atoms with Crippen LogP contribution in [0, 0.1) is 0 Å². The van der Waals surface area contributed by atoms with Gasteiger partial charge in [-0.1, -0.05) is 0 Å². The summed E-state index contributed by atoms with van der Waals surface area (Å²) in [5.74, 6) is 0. The van der Waals surface area contributed by atoms with Gasteiger partial charge in [-0.05, 0) is 35.1 Å². The van der Waals surface area contributed by atoms with Crippen LogP contribution >= 0.6 is 0 Å². The largest absolute Gasteiger partial charge is 0.350 e. The second kappa shape index (κ2) is 4.66. The van der Waals surface area contributed by atoms with E-state index >= 15 is 0 Å². The molecule has 0 rings (SSSR count). The van der Waals surface area contributed by atoms with Gasteiger partial charge in [-0.25, -0.2) is 0 Å². The van der Waals surface area contributed by atoms with E-state index in [-0.39, 0.29) is 6.35 Å². The highest BCUT2D eigenvalue weighted by Gasteiger charge is 2.11. The van der Waals surface area contributed by atoms with Crippen molar-refractivity contribution in [2.75, 3.05) is 34.8 Å². The van der Waals surface area contributed by atoms with Crippen molar-refractivity contribution in [2.24, 2.45) is 0 Å². The fraction of sp³-hybridized carbons (Fsp3) is 1.00. The zero-order valence-corrected chi connectivity index (χ0v) is 7.59. The van der Waals surface area contributed by atoms with Crippen molar-refractivity contribution < 1.29 is 4.74 Å². The quantitative estimate of drug-likeness (QED) is 0.535. The van der Waals surface area contributed by atoms with Crippen LogP contribution in [-0.2, 0) is 4.74 Å². The average molecular weight is 146 g/mol. The zero-order chi connectivity index (χ0) is 8.15. The minimum Gasteiger partial charge on any atom is -0.350 e. The van der Waals surface area contributed by atoms with Crippen molar-refractivity contribution in [2.45, 2.75) is 13.3 Å². The minimum absolute atomic E-state index is 0.102. The van der Waals surface area contributed by atoms with Crippen molar-refractivity contribution in [3.63, 3.8) is 0 Å². The Kier molecular flexibility index (Phi) is 4.60. The van der Waals surface area contributed by atoms with Gasteiger partial charge in [-0.15, -0.1) is 0 Å². The monoisotopic (exact) mass is 146 g/mol. The van der Waals surface area contributed by atoms with E-state index in [0.717, 1.165) is 6.61 Å². The number of nitrogens with zero attached hydrogens (tertiary/aromatic N) is 2. The van der Waals surface area contributed by atoms with E-state index < -0.39 is 0 Å². The molecule has 10 heavy (non-hydrogen) atoms. The molecule has 0 saturated heterocycles. The summed E-state index contributed by atoms with van der Waals surface area (Å²) in [6.45, 7) is 2.75. The van der Waals surface area contributed by atoms with Gasteiger partial charge in [0.25, 0.3) is 0 Å². The summed E-state index contributed by atoms with van der Waals surface area (Å²) in [5.41, 5.74) is 0. The highest BCUT2D eigenvalue weighted by molar-refractivity contribution is 4.48. The molecular weight excluding hydrogens is 128 g/mol. The predicted octanol–water partition coefficient (Wildman–Crippen LogP) is 0.430. The maximum atomic E-state index is 5.42. The van der Waals surface area contributed by atoms with Crippen molar-refractivity contribution in [3.05, 3.63) is 0 Å². The SMILES string of the molecule is CCOC(N(C)C)N(C)C. The molecule has 0 aromatic heterocycles. The molecule has 0 heterocycles. The highest BCUT2D eigenvalue weighted by atomic mass is 16.5. The molecule has 0 aliphatic heterocycles.